The van der Waals surface area contributed by atoms with Crippen LogP contribution in [0.25, 0.3) is 0 Å². The minimum Gasteiger partial charge on any atom is -0.385 e. The van der Waals surface area contributed by atoms with Crippen LogP contribution in [-0.2, 0) is 12.8 Å². The Balaban J connectivity index is 1.73. The normalized spacial score (nSPS) is 10.4. The summed E-state index contributed by atoms with van der Waals surface area (Å²) < 4.78 is 0. The number of hydrogen-bond acceptors (Lipinski definition) is 5. The summed E-state index contributed by atoms with van der Waals surface area (Å²) in [7, 11) is 0. The number of aryl methyl sites for hydroxylation is 2. The fourth-order valence-corrected chi connectivity index (χ4v) is 2.09. The molecule has 0 saturated heterocycles. The summed E-state index contributed by atoms with van der Waals surface area (Å²) in [4.78, 5) is 4.51. The van der Waals surface area contributed by atoms with E-state index in [0.29, 0.717) is 5.95 Å². The number of anilines is 2. The number of hydrogen-bond donors (Lipinski definition) is 2. The van der Waals surface area contributed by atoms with Crippen LogP contribution in [0.15, 0.2) is 30.3 Å². The lowest BCUT2D eigenvalue weighted by molar-refractivity contribution is 0.810. The van der Waals surface area contributed by atoms with Crippen molar-refractivity contribution in [2.75, 3.05) is 23.7 Å². The van der Waals surface area contributed by atoms with E-state index in [1.165, 1.54) is 0 Å². The zero-order valence-electron chi connectivity index (χ0n) is 12.8. The lowest BCUT2D eigenvalue weighted by atomic mass is 10.2. The molecule has 1 aromatic carbocycles. The van der Waals surface area contributed by atoms with Gasteiger partial charge in [0.1, 0.15) is 0 Å². The van der Waals surface area contributed by atoms with E-state index in [1.54, 1.807) is 0 Å². The number of nitrogens with zero attached hydrogens (tertiary/aromatic N) is 3. The van der Waals surface area contributed by atoms with E-state index in [1.807, 2.05) is 18.2 Å². The van der Waals surface area contributed by atoms with Crippen molar-refractivity contribution >= 4 is 11.6 Å². The van der Waals surface area contributed by atoms with Gasteiger partial charge >= 0.3 is 0 Å². The molecule has 21 heavy (non-hydrogen) atoms. The average molecular weight is 285 g/mol. The number of aromatic nitrogens is 3. The second-order valence-corrected chi connectivity index (χ2v) is 4.81. The van der Waals surface area contributed by atoms with Crippen molar-refractivity contribution in [2.24, 2.45) is 0 Å². The quantitative estimate of drug-likeness (QED) is 0.730. The molecule has 0 aliphatic heterocycles. The van der Waals surface area contributed by atoms with Crippen LogP contribution < -0.4 is 10.6 Å². The maximum atomic E-state index is 4.51. The van der Waals surface area contributed by atoms with Crippen LogP contribution in [0, 0.1) is 0 Å². The molecular weight excluding hydrogens is 262 g/mol. The summed E-state index contributed by atoms with van der Waals surface area (Å²) in [6.07, 6.45) is 2.77. The highest BCUT2D eigenvalue weighted by atomic mass is 15.2. The molecule has 2 aromatic rings. The highest BCUT2D eigenvalue weighted by Gasteiger charge is 2.05. The van der Waals surface area contributed by atoms with E-state index < -0.39 is 0 Å². The molecule has 112 valence electrons. The van der Waals surface area contributed by atoms with E-state index in [4.69, 9.17) is 0 Å². The zero-order chi connectivity index (χ0) is 14.9. The van der Waals surface area contributed by atoms with Gasteiger partial charge in [-0.3, -0.25) is 0 Å². The molecule has 5 heteroatoms. The molecule has 0 aliphatic rings. The molecular formula is C16H23N5. The second-order valence-electron chi connectivity index (χ2n) is 4.81. The standard InChI is InChI=1S/C16H23N5/c1-3-14-15(4-2)20-21-16(19-14)18-12-8-11-17-13-9-6-5-7-10-13/h5-7,9-10,17H,3-4,8,11-12H2,1-2H3,(H,18,19,21). The third-order valence-corrected chi connectivity index (χ3v) is 3.25. The Morgan fingerprint density at radius 1 is 0.857 bits per heavy atom. The molecule has 0 bridgehead atoms. The van der Waals surface area contributed by atoms with Crippen LogP contribution in [-0.4, -0.2) is 28.3 Å². The Morgan fingerprint density at radius 2 is 1.57 bits per heavy atom. The third kappa shape index (κ3) is 4.70. The van der Waals surface area contributed by atoms with Crippen LogP contribution in [0.5, 0.6) is 0 Å². The fourth-order valence-electron chi connectivity index (χ4n) is 2.09. The summed E-state index contributed by atoms with van der Waals surface area (Å²) in [6.45, 7) is 5.91. The molecule has 2 N–H and O–H groups in total. The van der Waals surface area contributed by atoms with Gasteiger partial charge in [-0.2, -0.15) is 5.10 Å². The van der Waals surface area contributed by atoms with Gasteiger partial charge in [0.05, 0.1) is 11.4 Å². The summed E-state index contributed by atoms with van der Waals surface area (Å²) in [6, 6.07) is 10.2. The van der Waals surface area contributed by atoms with E-state index in [2.05, 4.69) is 51.8 Å². The van der Waals surface area contributed by atoms with E-state index in [0.717, 1.165) is 49.4 Å². The van der Waals surface area contributed by atoms with Crippen LogP contribution in [0.3, 0.4) is 0 Å². The molecule has 1 aromatic heterocycles. The number of nitrogens with one attached hydrogen (secondary N) is 2. The fraction of sp³-hybridized carbons (Fsp3) is 0.438. The van der Waals surface area contributed by atoms with Gasteiger partial charge in [0.25, 0.3) is 0 Å². The van der Waals surface area contributed by atoms with Gasteiger partial charge in [-0.15, -0.1) is 5.10 Å². The van der Waals surface area contributed by atoms with Gasteiger partial charge in [0.15, 0.2) is 0 Å². The maximum absolute atomic E-state index is 4.51. The van der Waals surface area contributed by atoms with Crippen LogP contribution in [0.2, 0.25) is 0 Å². The van der Waals surface area contributed by atoms with Crippen molar-refractivity contribution in [3.8, 4) is 0 Å². The number of benzene rings is 1. The van der Waals surface area contributed by atoms with Gasteiger partial charge in [-0.05, 0) is 31.4 Å². The molecule has 2 rings (SSSR count). The first-order valence-electron chi connectivity index (χ1n) is 7.58. The second kappa shape index (κ2) is 8.19. The largest absolute Gasteiger partial charge is 0.385 e. The Labute approximate surface area is 126 Å². The van der Waals surface area contributed by atoms with Gasteiger partial charge in [-0.1, -0.05) is 32.0 Å². The SMILES string of the molecule is CCc1nnc(NCCCNc2ccccc2)nc1CC. The topological polar surface area (TPSA) is 62.7 Å². The monoisotopic (exact) mass is 285 g/mol. The first-order valence-corrected chi connectivity index (χ1v) is 7.58. The average Bonchev–Trinajstić information content (AvgIpc) is 2.55. The van der Waals surface area contributed by atoms with Crippen molar-refractivity contribution in [3.63, 3.8) is 0 Å². The molecule has 0 radical (unpaired) electrons. The van der Waals surface area contributed by atoms with E-state index >= 15 is 0 Å². The zero-order valence-corrected chi connectivity index (χ0v) is 12.8. The Kier molecular flexibility index (Phi) is 5.94. The van der Waals surface area contributed by atoms with Crippen molar-refractivity contribution in [1.82, 2.24) is 15.2 Å². The lowest BCUT2D eigenvalue weighted by Crippen LogP contribution is -2.13. The van der Waals surface area contributed by atoms with Gasteiger partial charge in [-0.25, -0.2) is 4.98 Å². The van der Waals surface area contributed by atoms with E-state index in [9.17, 15) is 0 Å². The predicted molar refractivity (Wildman–Crippen MR) is 86.6 cm³/mol. The third-order valence-electron chi connectivity index (χ3n) is 3.25. The highest BCUT2D eigenvalue weighted by Crippen LogP contribution is 2.07. The molecule has 1 heterocycles. The van der Waals surface area contributed by atoms with Gasteiger partial charge in [0, 0.05) is 18.8 Å². The van der Waals surface area contributed by atoms with Gasteiger partial charge in [0.2, 0.25) is 5.95 Å². The van der Waals surface area contributed by atoms with Crippen molar-refractivity contribution in [3.05, 3.63) is 41.7 Å². The molecule has 0 atom stereocenters. The van der Waals surface area contributed by atoms with Crippen LogP contribution in [0.1, 0.15) is 31.7 Å². The molecule has 0 amide bonds. The summed E-state index contributed by atoms with van der Waals surface area (Å²) in [5.74, 6) is 0.628. The smallest absolute Gasteiger partial charge is 0.242 e. The number of rotatable bonds is 8. The van der Waals surface area contributed by atoms with Crippen molar-refractivity contribution in [1.29, 1.82) is 0 Å². The summed E-state index contributed by atoms with van der Waals surface area (Å²) in [5.41, 5.74) is 3.18. The Bertz CT molecular complexity index is 542. The van der Waals surface area contributed by atoms with Crippen molar-refractivity contribution < 1.29 is 0 Å². The van der Waals surface area contributed by atoms with Gasteiger partial charge < -0.3 is 10.6 Å². The van der Waals surface area contributed by atoms with Crippen molar-refractivity contribution in [2.45, 2.75) is 33.1 Å². The number of para-hydroxylation sites is 1. The molecule has 0 aliphatic carbocycles. The molecule has 0 saturated carbocycles. The van der Waals surface area contributed by atoms with Crippen LogP contribution in [0.4, 0.5) is 11.6 Å². The minimum absolute atomic E-state index is 0.628. The summed E-state index contributed by atoms with van der Waals surface area (Å²) >= 11 is 0. The molecule has 5 nitrogen and oxygen atoms in total. The minimum atomic E-state index is 0.628. The first-order chi connectivity index (χ1) is 10.3. The highest BCUT2D eigenvalue weighted by molar-refractivity contribution is 5.42. The Hall–Kier alpha value is -2.17. The lowest BCUT2D eigenvalue weighted by Gasteiger charge is -2.09. The molecule has 0 spiro atoms. The first kappa shape index (κ1) is 15.2. The Morgan fingerprint density at radius 3 is 2.29 bits per heavy atom. The predicted octanol–water partition coefficient (Wildman–Crippen LogP) is 2.91. The maximum Gasteiger partial charge on any atom is 0.242 e. The van der Waals surface area contributed by atoms with Crippen LogP contribution >= 0.6 is 0 Å². The summed E-state index contributed by atoms with van der Waals surface area (Å²) in [5, 5.41) is 15.0. The van der Waals surface area contributed by atoms with E-state index in [-0.39, 0.29) is 0 Å². The molecule has 0 fully saturated rings. The molecule has 0 unspecified atom stereocenters.